The zero-order chi connectivity index (χ0) is 17.9. The van der Waals surface area contributed by atoms with E-state index < -0.39 is 11.2 Å². The predicted molar refractivity (Wildman–Crippen MR) is 91.9 cm³/mol. The molecular weight excluding hydrogens is 296 g/mol. The lowest BCUT2D eigenvalue weighted by Crippen LogP contribution is -2.44. The molecule has 0 amide bonds. The molecule has 7 heteroatoms. The van der Waals surface area contributed by atoms with Gasteiger partial charge in [-0.2, -0.15) is 0 Å². The average molecular weight is 324 g/mol. The normalized spacial score (nSPS) is 13.3. The number of hydrogen-bond donors (Lipinski definition) is 2. The van der Waals surface area contributed by atoms with Crippen LogP contribution in [0.25, 0.3) is 0 Å². The number of carbonyl (C=O) groups is 1. The van der Waals surface area contributed by atoms with E-state index in [2.05, 4.69) is 25.8 Å². The molecule has 0 aromatic carbocycles. The topological polar surface area (TPSA) is 101 Å². The molecule has 0 unspecified atom stereocenters. The maximum atomic E-state index is 12.5. The van der Waals surface area contributed by atoms with Crippen molar-refractivity contribution in [2.45, 2.75) is 53.6 Å². The number of Topliss-reactive ketones (excluding diaryl/α,β-unsaturated/α-hetero) is 1. The van der Waals surface area contributed by atoms with Gasteiger partial charge in [-0.25, -0.2) is 4.79 Å². The first-order chi connectivity index (χ1) is 10.5. The van der Waals surface area contributed by atoms with E-state index in [-0.39, 0.29) is 35.2 Å². The molecule has 1 atom stereocenters. The fraction of sp³-hybridized carbons (Fsp3) is 0.688. The van der Waals surface area contributed by atoms with Gasteiger partial charge in [0.25, 0.3) is 5.56 Å². The van der Waals surface area contributed by atoms with Crippen LogP contribution in [-0.4, -0.2) is 39.9 Å². The Morgan fingerprint density at radius 1 is 1.35 bits per heavy atom. The van der Waals surface area contributed by atoms with Gasteiger partial charge >= 0.3 is 5.69 Å². The van der Waals surface area contributed by atoms with Crippen LogP contribution in [0.2, 0.25) is 0 Å². The number of rotatable bonds is 6. The van der Waals surface area contributed by atoms with Crippen LogP contribution >= 0.6 is 0 Å². The quantitative estimate of drug-likeness (QED) is 0.762. The predicted octanol–water partition coefficient (Wildman–Crippen LogP) is 1.08. The van der Waals surface area contributed by atoms with Crippen LogP contribution in [0, 0.1) is 5.41 Å². The number of aromatic amines is 1. The Kier molecular flexibility index (Phi) is 5.93. The van der Waals surface area contributed by atoms with Crippen LogP contribution in [-0.2, 0) is 6.54 Å². The van der Waals surface area contributed by atoms with Gasteiger partial charge in [-0.05, 0) is 25.8 Å². The first-order valence-electron chi connectivity index (χ1n) is 7.86. The average Bonchev–Trinajstić information content (AvgIpc) is 2.41. The number of H-pyrrole nitrogens is 1. The molecule has 0 bridgehead atoms. The van der Waals surface area contributed by atoms with Crippen molar-refractivity contribution in [2.75, 3.05) is 19.3 Å². The fourth-order valence-electron chi connectivity index (χ4n) is 2.41. The highest BCUT2D eigenvalue weighted by Crippen LogP contribution is 2.23. The van der Waals surface area contributed by atoms with Gasteiger partial charge in [0.15, 0.2) is 5.78 Å². The van der Waals surface area contributed by atoms with Crippen molar-refractivity contribution in [1.82, 2.24) is 14.5 Å². The summed E-state index contributed by atoms with van der Waals surface area (Å²) in [5.41, 5.74) is 4.47. The number of nitrogens with two attached hydrogens (primary N) is 1. The summed E-state index contributed by atoms with van der Waals surface area (Å²) in [5.74, 6) is -0.436. The lowest BCUT2D eigenvalue weighted by atomic mass is 9.87. The van der Waals surface area contributed by atoms with Gasteiger partial charge in [0.2, 0.25) is 0 Å². The van der Waals surface area contributed by atoms with Gasteiger partial charge < -0.3 is 5.73 Å². The van der Waals surface area contributed by atoms with E-state index in [0.717, 1.165) is 0 Å². The van der Waals surface area contributed by atoms with Crippen LogP contribution in [0.5, 0.6) is 0 Å². The summed E-state index contributed by atoms with van der Waals surface area (Å²) in [6.07, 6.45) is 0.671. The Morgan fingerprint density at radius 3 is 2.39 bits per heavy atom. The number of carbonyl (C=O) groups excluding carboxylic acids is 1. The van der Waals surface area contributed by atoms with Gasteiger partial charge in [-0.3, -0.25) is 24.0 Å². The molecule has 0 aliphatic carbocycles. The zero-order valence-electron chi connectivity index (χ0n) is 14.9. The summed E-state index contributed by atoms with van der Waals surface area (Å²) in [6.45, 7) is 10.6. The zero-order valence-corrected chi connectivity index (χ0v) is 14.9. The Balaban J connectivity index is 3.17. The molecule has 0 saturated carbocycles. The lowest BCUT2D eigenvalue weighted by Gasteiger charge is -2.34. The van der Waals surface area contributed by atoms with Crippen molar-refractivity contribution >= 4 is 11.6 Å². The van der Waals surface area contributed by atoms with Crippen LogP contribution in [0.4, 0.5) is 5.82 Å². The number of likely N-dealkylation sites (N-methyl/N-ethyl adjacent to an activating group) is 1. The number of nitrogens with one attached hydrogen (secondary N) is 1. The van der Waals surface area contributed by atoms with E-state index >= 15 is 0 Å². The number of nitrogens with zero attached hydrogens (tertiary/aromatic N) is 2. The Bertz CT molecular complexity index is 682. The number of ketones is 1. The van der Waals surface area contributed by atoms with E-state index in [1.807, 2.05) is 25.8 Å². The second-order valence-electron chi connectivity index (χ2n) is 7.05. The minimum atomic E-state index is -0.721. The van der Waals surface area contributed by atoms with Crippen LogP contribution in [0.3, 0.4) is 0 Å². The molecular formula is C16H28N4O3. The molecule has 0 aliphatic rings. The molecule has 3 N–H and O–H groups in total. The highest BCUT2D eigenvalue weighted by Gasteiger charge is 2.27. The standard InChI is InChI=1S/C16H28N4O3/c1-7-8-20-13(17)12(14(22)18-15(20)23)11(21)9-19(6)10(2)16(3,4)5/h10H,7-9,17H2,1-6H3,(H,18,22,23)/t10-/m0/s1. The molecule has 1 heterocycles. The molecule has 7 nitrogen and oxygen atoms in total. The molecule has 1 aromatic heterocycles. The summed E-state index contributed by atoms with van der Waals surface area (Å²) in [4.78, 5) is 40.4. The van der Waals surface area contributed by atoms with Gasteiger partial charge in [0.05, 0.1) is 6.54 Å². The van der Waals surface area contributed by atoms with E-state index in [0.29, 0.717) is 13.0 Å². The maximum absolute atomic E-state index is 12.5. The van der Waals surface area contributed by atoms with Crippen molar-refractivity contribution in [3.63, 3.8) is 0 Å². The molecule has 1 aromatic rings. The second-order valence-corrected chi connectivity index (χ2v) is 7.05. The molecule has 1 rings (SSSR count). The molecule has 23 heavy (non-hydrogen) atoms. The molecule has 0 aliphatic heterocycles. The number of hydrogen-bond acceptors (Lipinski definition) is 5. The third-order valence-electron chi connectivity index (χ3n) is 4.27. The van der Waals surface area contributed by atoms with Crippen molar-refractivity contribution < 1.29 is 4.79 Å². The van der Waals surface area contributed by atoms with Crippen LogP contribution in [0.15, 0.2) is 9.59 Å². The highest BCUT2D eigenvalue weighted by molar-refractivity contribution is 6.01. The van der Waals surface area contributed by atoms with Crippen LogP contribution in [0.1, 0.15) is 51.4 Å². The van der Waals surface area contributed by atoms with Crippen molar-refractivity contribution in [3.8, 4) is 0 Å². The monoisotopic (exact) mass is 324 g/mol. The maximum Gasteiger partial charge on any atom is 0.329 e. The molecule has 0 saturated heterocycles. The first kappa shape index (κ1) is 19.2. The van der Waals surface area contributed by atoms with Crippen LogP contribution < -0.4 is 17.0 Å². The van der Waals surface area contributed by atoms with Gasteiger partial charge in [-0.15, -0.1) is 0 Å². The molecule has 0 spiro atoms. The van der Waals surface area contributed by atoms with Gasteiger partial charge in [0.1, 0.15) is 11.4 Å². The highest BCUT2D eigenvalue weighted by atomic mass is 16.2. The molecule has 0 fully saturated rings. The summed E-state index contributed by atoms with van der Waals surface area (Å²) < 4.78 is 1.24. The lowest BCUT2D eigenvalue weighted by molar-refractivity contribution is 0.0852. The first-order valence-corrected chi connectivity index (χ1v) is 7.86. The SMILES string of the molecule is CCCn1c(N)c(C(=O)CN(C)[C@@H](C)C(C)(C)C)c(=O)[nH]c1=O. The molecule has 0 radical (unpaired) electrons. The Labute approximate surface area is 136 Å². The number of nitrogen functional groups attached to an aromatic ring is 1. The largest absolute Gasteiger partial charge is 0.384 e. The minimum Gasteiger partial charge on any atom is -0.384 e. The minimum absolute atomic E-state index is 0.00596. The van der Waals surface area contributed by atoms with E-state index in [1.165, 1.54) is 4.57 Å². The second kappa shape index (κ2) is 7.12. The number of anilines is 1. The summed E-state index contributed by atoms with van der Waals surface area (Å²) in [5, 5.41) is 0. The van der Waals surface area contributed by atoms with Crippen molar-refractivity contribution in [2.24, 2.45) is 5.41 Å². The van der Waals surface area contributed by atoms with Gasteiger partial charge in [-0.1, -0.05) is 27.7 Å². The Hall–Kier alpha value is -1.89. The van der Waals surface area contributed by atoms with E-state index in [4.69, 9.17) is 5.73 Å². The van der Waals surface area contributed by atoms with E-state index in [1.54, 1.807) is 0 Å². The van der Waals surface area contributed by atoms with Crippen molar-refractivity contribution in [3.05, 3.63) is 26.4 Å². The van der Waals surface area contributed by atoms with E-state index in [9.17, 15) is 14.4 Å². The number of aromatic nitrogens is 2. The smallest absolute Gasteiger partial charge is 0.329 e. The summed E-state index contributed by atoms with van der Waals surface area (Å²) in [7, 11) is 1.83. The Morgan fingerprint density at radius 2 is 1.91 bits per heavy atom. The molecule has 130 valence electrons. The third kappa shape index (κ3) is 4.31. The summed E-state index contributed by atoms with van der Waals surface area (Å²) in [6, 6.07) is 0.133. The summed E-state index contributed by atoms with van der Waals surface area (Å²) >= 11 is 0. The third-order valence-corrected chi connectivity index (χ3v) is 4.27. The fourth-order valence-corrected chi connectivity index (χ4v) is 2.41. The van der Waals surface area contributed by atoms with Crippen molar-refractivity contribution in [1.29, 1.82) is 0 Å². The van der Waals surface area contributed by atoms with Gasteiger partial charge in [0, 0.05) is 12.6 Å².